The maximum Gasteiger partial charge on any atom is 0.336 e. The van der Waals surface area contributed by atoms with Crippen molar-refractivity contribution in [3.8, 4) is 0 Å². The van der Waals surface area contributed by atoms with Gasteiger partial charge in [0.15, 0.2) is 11.3 Å². The van der Waals surface area contributed by atoms with Crippen molar-refractivity contribution in [1.29, 1.82) is 0 Å². The average Bonchev–Trinajstić information content (AvgIpc) is 3.68. The summed E-state index contributed by atoms with van der Waals surface area (Å²) in [6.07, 6.45) is -1.95. The van der Waals surface area contributed by atoms with Gasteiger partial charge in [-0.15, -0.1) is 0 Å². The van der Waals surface area contributed by atoms with Crippen LogP contribution >= 0.6 is 0 Å². The molecule has 250 valence electrons. The van der Waals surface area contributed by atoms with Gasteiger partial charge < -0.3 is 49.7 Å². The first-order valence-corrected chi connectivity index (χ1v) is 15.4. The average molecular weight is 659 g/mol. The molecule has 5 aromatic rings. The minimum absolute atomic E-state index is 0.00357. The van der Waals surface area contributed by atoms with E-state index in [1.54, 1.807) is 7.11 Å². The second kappa shape index (κ2) is 11.0. The van der Waals surface area contributed by atoms with Gasteiger partial charge in [-0.2, -0.15) is 0 Å². The van der Waals surface area contributed by atoms with Gasteiger partial charge in [0.1, 0.15) is 12.3 Å². The number of likely N-dealkylation sites (N-methyl/N-ethyl adjacent to an activating group) is 1. The number of nitrogens with zero attached hydrogens (tertiary/aromatic N) is 2. The fraction of sp³-hybridized carbons (Fsp3) is 0.353. The molecule has 0 radical (unpaired) electrons. The van der Waals surface area contributed by atoms with Gasteiger partial charge in [-0.1, -0.05) is 36.4 Å². The maximum absolute atomic E-state index is 13.3. The third-order valence-electron chi connectivity index (χ3n) is 9.88. The third-order valence-corrected chi connectivity index (χ3v) is 9.88. The summed E-state index contributed by atoms with van der Waals surface area (Å²) in [5, 5.41) is 44.8. The Morgan fingerprint density at radius 2 is 1.60 bits per heavy atom. The summed E-state index contributed by atoms with van der Waals surface area (Å²) in [5.74, 6) is -5.02. The van der Waals surface area contributed by atoms with E-state index in [0.29, 0.717) is 6.54 Å². The molecule has 1 fully saturated rings. The van der Waals surface area contributed by atoms with Crippen LogP contribution in [0.5, 0.6) is 0 Å². The zero-order valence-corrected chi connectivity index (χ0v) is 26.3. The van der Waals surface area contributed by atoms with Crippen LogP contribution in [0.1, 0.15) is 48.3 Å². The second-order valence-corrected chi connectivity index (χ2v) is 12.6. The van der Waals surface area contributed by atoms with E-state index in [0.717, 1.165) is 61.2 Å². The summed E-state index contributed by atoms with van der Waals surface area (Å²) in [6.45, 7) is 2.68. The molecule has 4 atom stereocenters. The molecule has 0 aliphatic carbocycles. The lowest BCUT2D eigenvalue weighted by molar-refractivity contribution is -0.256. The number of hydrogen-bond donors (Lipinski definition) is 6. The van der Waals surface area contributed by atoms with Crippen LogP contribution in [-0.4, -0.2) is 85.3 Å². The molecule has 3 aliphatic rings. The fourth-order valence-electron chi connectivity index (χ4n) is 8.05. The van der Waals surface area contributed by atoms with Gasteiger partial charge in [-0.3, -0.25) is 14.4 Å². The summed E-state index contributed by atoms with van der Waals surface area (Å²) < 4.78 is 18.0. The van der Waals surface area contributed by atoms with Gasteiger partial charge in [0, 0.05) is 47.7 Å². The number of benzene rings is 3. The monoisotopic (exact) mass is 658 g/mol. The first kappa shape index (κ1) is 31.6. The van der Waals surface area contributed by atoms with E-state index in [1.165, 1.54) is 0 Å². The molecule has 0 unspecified atom stereocenters. The summed E-state index contributed by atoms with van der Waals surface area (Å²) in [4.78, 5) is 43.8. The number of carbonyl (C=O) groups excluding carboxylic acids is 1. The molecule has 0 saturated carbocycles. The van der Waals surface area contributed by atoms with Gasteiger partial charge in [0.25, 0.3) is 5.91 Å². The van der Waals surface area contributed by atoms with Crippen molar-refractivity contribution in [3.05, 3.63) is 59.7 Å². The Balaban J connectivity index is 0.000000241. The van der Waals surface area contributed by atoms with E-state index in [9.17, 15) is 19.2 Å². The van der Waals surface area contributed by atoms with Gasteiger partial charge in [0.2, 0.25) is 0 Å². The maximum atomic E-state index is 13.3. The second-order valence-electron chi connectivity index (χ2n) is 12.6. The third kappa shape index (κ3) is 4.33. The number of para-hydroxylation sites is 2. The number of aliphatic carboxylic acids is 3. The van der Waals surface area contributed by atoms with Crippen LogP contribution in [-0.2, 0) is 36.1 Å². The molecule has 2 bridgehead atoms. The highest BCUT2D eigenvalue weighted by molar-refractivity contribution is 6.31. The number of hydrogen-bond acceptors (Lipinski definition) is 8. The lowest BCUT2D eigenvalue weighted by atomic mass is 9.93. The molecule has 14 nitrogen and oxygen atoms in total. The van der Waals surface area contributed by atoms with Crippen LogP contribution in [0.3, 0.4) is 0 Å². The van der Waals surface area contributed by atoms with Crippen LogP contribution in [0.15, 0.2) is 48.5 Å². The summed E-state index contributed by atoms with van der Waals surface area (Å²) in [5.41, 5.74) is 2.77. The Hall–Kier alpha value is -5.02. The van der Waals surface area contributed by atoms with E-state index in [-0.39, 0.29) is 24.3 Å². The van der Waals surface area contributed by atoms with Crippen LogP contribution < -0.4 is 10.6 Å². The van der Waals surface area contributed by atoms with Gasteiger partial charge in [0.05, 0.1) is 40.5 Å². The van der Waals surface area contributed by atoms with Crippen molar-refractivity contribution in [2.45, 2.75) is 62.4 Å². The summed E-state index contributed by atoms with van der Waals surface area (Å²) in [7, 11) is 3.77. The van der Waals surface area contributed by atoms with Gasteiger partial charge >= 0.3 is 17.9 Å². The van der Waals surface area contributed by atoms with Crippen molar-refractivity contribution in [3.63, 3.8) is 0 Å². The van der Waals surface area contributed by atoms with Crippen molar-refractivity contribution in [2.24, 2.45) is 0 Å². The number of amides is 1. The molecule has 0 spiro atoms. The number of aliphatic hydroxyl groups is 1. The highest BCUT2D eigenvalue weighted by Crippen LogP contribution is 2.53. The smallest absolute Gasteiger partial charge is 0.336 e. The molecule has 3 aliphatic heterocycles. The molecule has 1 amide bonds. The molecule has 6 N–H and O–H groups in total. The predicted molar refractivity (Wildman–Crippen MR) is 173 cm³/mol. The lowest BCUT2D eigenvalue weighted by Gasteiger charge is -2.48. The first-order chi connectivity index (χ1) is 22.9. The minimum Gasteiger partial charge on any atom is -0.481 e. The van der Waals surface area contributed by atoms with Crippen molar-refractivity contribution >= 4 is 67.4 Å². The number of carbonyl (C=O) groups is 4. The molecule has 8 rings (SSSR count). The number of carboxylic acids is 3. The van der Waals surface area contributed by atoms with E-state index in [4.69, 9.17) is 29.9 Å². The van der Waals surface area contributed by atoms with Gasteiger partial charge in [-0.05, 0) is 31.7 Å². The number of rotatable bonds is 7. The number of carboxylic acid groups (broad SMARTS) is 3. The Morgan fingerprint density at radius 1 is 1.00 bits per heavy atom. The largest absolute Gasteiger partial charge is 0.481 e. The van der Waals surface area contributed by atoms with Crippen molar-refractivity contribution in [1.82, 2.24) is 19.8 Å². The van der Waals surface area contributed by atoms with Crippen LogP contribution in [0, 0.1) is 0 Å². The molecule has 1 saturated heterocycles. The summed E-state index contributed by atoms with van der Waals surface area (Å²) >= 11 is 0. The minimum atomic E-state index is -2.74. The predicted octanol–water partition coefficient (Wildman–Crippen LogP) is 3.11. The molecule has 5 heterocycles. The van der Waals surface area contributed by atoms with E-state index < -0.39 is 42.1 Å². The lowest BCUT2D eigenvalue weighted by Crippen LogP contribution is -2.59. The SMILES string of the molecule is CN[C@H]1C[C@@H]2O[C@](C)([C@H]1OC)n1c3ccccc3c3c4c(c5c6ccccc6n2c5c31)C(=O)NC4.O=C(O)CC(O)(CC(=O)O)C(=O)O. The highest BCUT2D eigenvalue weighted by atomic mass is 16.6. The Bertz CT molecular complexity index is 2190. The molecular weight excluding hydrogens is 624 g/mol. The number of nitrogens with one attached hydrogen (secondary N) is 2. The van der Waals surface area contributed by atoms with Gasteiger partial charge in [-0.25, -0.2) is 4.79 Å². The zero-order chi connectivity index (χ0) is 34.3. The Morgan fingerprint density at radius 3 is 2.19 bits per heavy atom. The normalized spacial score (nSPS) is 22.8. The fourth-order valence-corrected chi connectivity index (χ4v) is 8.05. The quantitative estimate of drug-likeness (QED) is 0.150. The van der Waals surface area contributed by atoms with Crippen LogP contribution in [0.2, 0.25) is 0 Å². The van der Waals surface area contributed by atoms with Crippen molar-refractivity contribution < 1.29 is 49.1 Å². The highest BCUT2D eigenvalue weighted by Gasteiger charge is 2.53. The van der Waals surface area contributed by atoms with E-state index >= 15 is 0 Å². The standard InChI is InChI=1S/C28H26N4O3.C6H8O7/c1-28-26(34-3)17(29-2)12-20(35-28)31-18-10-6-4-8-14(18)22-23-16(13-30-27(23)33)21-15-9-5-7-11-19(15)32(28)25(21)24(22)31;7-3(8)1-6(13,5(11)12)2-4(9)10/h4-11,17,20,26,29H,12-13H2,1-3H3,(H,30,33);13H,1-2H2,(H,7,8)(H,9,10)(H,11,12)/t17-,20-,26-,28+;/m0./s1. The van der Waals surface area contributed by atoms with Crippen LogP contribution in [0.25, 0.3) is 43.6 Å². The first-order valence-electron chi connectivity index (χ1n) is 15.4. The summed E-state index contributed by atoms with van der Waals surface area (Å²) in [6, 6.07) is 17.0. The Labute approximate surface area is 272 Å². The zero-order valence-electron chi connectivity index (χ0n) is 26.3. The van der Waals surface area contributed by atoms with Crippen LogP contribution in [0.4, 0.5) is 0 Å². The molecular formula is C34H34N4O10. The topological polar surface area (TPSA) is 202 Å². The molecule has 3 aromatic carbocycles. The van der Waals surface area contributed by atoms with Crippen molar-refractivity contribution in [2.75, 3.05) is 14.2 Å². The van der Waals surface area contributed by atoms with E-state index in [1.807, 2.05) is 7.05 Å². The molecule has 2 aromatic heterocycles. The number of methoxy groups -OCH3 is 1. The number of ether oxygens (including phenoxy) is 2. The number of aromatic nitrogens is 2. The molecule has 48 heavy (non-hydrogen) atoms. The Kier molecular flexibility index (Phi) is 7.25. The van der Waals surface area contributed by atoms with E-state index in [2.05, 4.69) is 75.2 Å². The number of fused-ring (bicyclic) bond motifs is 13. The molecule has 14 heteroatoms.